The van der Waals surface area contributed by atoms with Crippen LogP contribution in [-0.2, 0) is 6.54 Å². The van der Waals surface area contributed by atoms with Gasteiger partial charge in [0, 0.05) is 23.6 Å². The van der Waals surface area contributed by atoms with Crippen LogP contribution in [0.4, 0.5) is 5.00 Å². The van der Waals surface area contributed by atoms with E-state index in [-0.39, 0.29) is 11.9 Å². The van der Waals surface area contributed by atoms with Crippen LogP contribution in [0.2, 0.25) is 0 Å². The molecule has 1 aliphatic rings. The third-order valence-corrected chi connectivity index (χ3v) is 5.22. The number of hydrogen-bond donors (Lipinski definition) is 1. The number of rotatable bonds is 5. The molecular formula is C18H20N6O2S. The molecular weight excluding hydrogens is 364 g/mol. The van der Waals surface area contributed by atoms with Crippen molar-refractivity contribution < 1.29 is 9.32 Å². The average Bonchev–Trinajstić information content (AvgIpc) is 3.34. The second-order valence-corrected chi connectivity index (χ2v) is 7.38. The summed E-state index contributed by atoms with van der Waals surface area (Å²) in [5, 5.41) is 11.1. The first kappa shape index (κ1) is 17.7. The SMILES string of the molecule is Cc1noc([C@@H]2CCCCN2Cc2ccc(C(=O)Nc3cnns3)cc2)n1. The van der Waals surface area contributed by atoms with Crippen LogP contribution in [0.5, 0.6) is 0 Å². The molecule has 1 fully saturated rings. The predicted octanol–water partition coefficient (Wildman–Crippen LogP) is 3.21. The van der Waals surface area contributed by atoms with Crippen molar-refractivity contribution in [2.24, 2.45) is 0 Å². The van der Waals surface area contributed by atoms with Gasteiger partial charge in [0.25, 0.3) is 5.91 Å². The first-order valence-corrected chi connectivity index (χ1v) is 9.68. The van der Waals surface area contributed by atoms with Crippen molar-refractivity contribution in [2.45, 2.75) is 38.8 Å². The number of benzene rings is 1. The molecule has 0 bridgehead atoms. The Morgan fingerprint density at radius 2 is 2.19 bits per heavy atom. The highest BCUT2D eigenvalue weighted by Crippen LogP contribution is 2.31. The molecule has 1 N–H and O–H groups in total. The van der Waals surface area contributed by atoms with Gasteiger partial charge < -0.3 is 9.84 Å². The summed E-state index contributed by atoms with van der Waals surface area (Å²) in [5.41, 5.74) is 1.75. The fourth-order valence-electron chi connectivity index (χ4n) is 3.31. The van der Waals surface area contributed by atoms with Gasteiger partial charge in [-0.25, -0.2) is 0 Å². The average molecular weight is 384 g/mol. The molecule has 140 valence electrons. The number of nitrogens with one attached hydrogen (secondary N) is 1. The van der Waals surface area contributed by atoms with Gasteiger partial charge in [0.05, 0.1) is 12.2 Å². The zero-order valence-corrected chi connectivity index (χ0v) is 15.8. The zero-order valence-electron chi connectivity index (χ0n) is 15.0. The van der Waals surface area contributed by atoms with Gasteiger partial charge in [-0.3, -0.25) is 9.69 Å². The van der Waals surface area contributed by atoms with Gasteiger partial charge in [-0.15, -0.1) is 5.10 Å². The molecule has 0 spiro atoms. The molecule has 0 saturated carbocycles. The van der Waals surface area contributed by atoms with Crippen LogP contribution < -0.4 is 5.32 Å². The molecule has 9 heteroatoms. The summed E-state index contributed by atoms with van der Waals surface area (Å²) in [6, 6.07) is 7.82. The van der Waals surface area contributed by atoms with Crippen molar-refractivity contribution in [3.8, 4) is 0 Å². The van der Waals surface area contributed by atoms with E-state index in [2.05, 4.69) is 29.9 Å². The van der Waals surface area contributed by atoms with Crippen LogP contribution in [0, 0.1) is 6.92 Å². The predicted molar refractivity (Wildman–Crippen MR) is 100 cm³/mol. The topological polar surface area (TPSA) is 97.0 Å². The monoisotopic (exact) mass is 384 g/mol. The second-order valence-electron chi connectivity index (χ2n) is 6.59. The highest BCUT2D eigenvalue weighted by atomic mass is 32.1. The fourth-order valence-corrected chi connectivity index (χ4v) is 3.73. The molecule has 2 aromatic heterocycles. The lowest BCUT2D eigenvalue weighted by Crippen LogP contribution is -2.33. The molecule has 3 heterocycles. The lowest BCUT2D eigenvalue weighted by Gasteiger charge is -2.33. The van der Waals surface area contributed by atoms with E-state index in [9.17, 15) is 4.79 Å². The van der Waals surface area contributed by atoms with Crippen molar-refractivity contribution in [1.82, 2.24) is 24.6 Å². The van der Waals surface area contributed by atoms with Crippen LogP contribution in [0.1, 0.15) is 52.9 Å². The number of piperidine rings is 1. The second kappa shape index (κ2) is 7.93. The van der Waals surface area contributed by atoms with Crippen molar-refractivity contribution in [3.63, 3.8) is 0 Å². The quantitative estimate of drug-likeness (QED) is 0.721. The summed E-state index contributed by atoms with van der Waals surface area (Å²) in [6.07, 6.45) is 4.87. The lowest BCUT2D eigenvalue weighted by molar-refractivity contribution is 0.102. The number of aryl methyl sites for hydroxylation is 1. The minimum absolute atomic E-state index is 0.154. The van der Waals surface area contributed by atoms with Crippen molar-refractivity contribution in [1.29, 1.82) is 0 Å². The normalized spacial score (nSPS) is 17.7. The Bertz CT molecular complexity index is 893. The summed E-state index contributed by atoms with van der Waals surface area (Å²) >= 11 is 1.15. The molecule has 0 radical (unpaired) electrons. The van der Waals surface area contributed by atoms with E-state index < -0.39 is 0 Å². The summed E-state index contributed by atoms with van der Waals surface area (Å²) in [4.78, 5) is 19.0. The maximum atomic E-state index is 12.3. The van der Waals surface area contributed by atoms with Crippen molar-refractivity contribution >= 4 is 22.4 Å². The Morgan fingerprint density at radius 1 is 1.33 bits per heavy atom. The van der Waals surface area contributed by atoms with E-state index in [1.807, 2.05) is 31.2 Å². The molecule has 8 nitrogen and oxygen atoms in total. The largest absolute Gasteiger partial charge is 0.338 e. The summed E-state index contributed by atoms with van der Waals surface area (Å²) in [6.45, 7) is 3.62. The Hall–Kier alpha value is -2.65. The number of carbonyl (C=O) groups is 1. The highest BCUT2D eigenvalue weighted by Gasteiger charge is 2.28. The first-order chi connectivity index (χ1) is 13.2. The number of anilines is 1. The summed E-state index contributed by atoms with van der Waals surface area (Å²) in [5.74, 6) is 1.20. The van der Waals surface area contributed by atoms with Gasteiger partial charge in [0.1, 0.15) is 5.00 Å². The number of likely N-dealkylation sites (tertiary alicyclic amines) is 1. The smallest absolute Gasteiger partial charge is 0.256 e. The fraction of sp³-hybridized carbons (Fsp3) is 0.389. The molecule has 1 aliphatic heterocycles. The minimum Gasteiger partial charge on any atom is -0.338 e. The molecule has 3 aromatic rings. The number of carbonyl (C=O) groups excluding carboxylic acids is 1. The van der Waals surface area contributed by atoms with Crippen LogP contribution >= 0.6 is 11.5 Å². The maximum Gasteiger partial charge on any atom is 0.256 e. The highest BCUT2D eigenvalue weighted by molar-refractivity contribution is 7.10. The Morgan fingerprint density at radius 3 is 2.89 bits per heavy atom. The Balaban J connectivity index is 1.43. The molecule has 1 saturated heterocycles. The minimum atomic E-state index is -0.162. The molecule has 0 unspecified atom stereocenters. The van der Waals surface area contributed by atoms with Gasteiger partial charge >= 0.3 is 0 Å². The Kier molecular flexibility index (Phi) is 5.21. The number of nitrogens with zero attached hydrogens (tertiary/aromatic N) is 5. The van der Waals surface area contributed by atoms with Crippen LogP contribution in [-0.4, -0.2) is 37.1 Å². The van der Waals surface area contributed by atoms with Crippen LogP contribution in [0.15, 0.2) is 35.0 Å². The van der Waals surface area contributed by atoms with Gasteiger partial charge in [-0.05, 0) is 44.0 Å². The van der Waals surface area contributed by atoms with Crippen molar-refractivity contribution in [3.05, 3.63) is 53.3 Å². The van der Waals surface area contributed by atoms with E-state index in [4.69, 9.17) is 4.52 Å². The molecule has 27 heavy (non-hydrogen) atoms. The van der Waals surface area contributed by atoms with Gasteiger partial charge in [-0.1, -0.05) is 28.2 Å². The number of amides is 1. The summed E-state index contributed by atoms with van der Waals surface area (Å²) < 4.78 is 9.14. The van der Waals surface area contributed by atoms with Crippen molar-refractivity contribution in [2.75, 3.05) is 11.9 Å². The van der Waals surface area contributed by atoms with E-state index in [0.717, 1.165) is 49.4 Å². The number of aromatic nitrogens is 4. The maximum absolute atomic E-state index is 12.3. The van der Waals surface area contributed by atoms with Crippen LogP contribution in [0.3, 0.4) is 0 Å². The molecule has 1 amide bonds. The van der Waals surface area contributed by atoms with Crippen LogP contribution in [0.25, 0.3) is 0 Å². The first-order valence-electron chi connectivity index (χ1n) is 8.91. The van der Waals surface area contributed by atoms with Gasteiger partial charge in [0.15, 0.2) is 5.82 Å². The van der Waals surface area contributed by atoms with Gasteiger partial charge in [0.2, 0.25) is 5.89 Å². The summed E-state index contributed by atoms with van der Waals surface area (Å²) in [7, 11) is 0. The standard InChI is InChI=1S/C18H20N6O2S/c1-12-20-18(26-22-12)15-4-2-3-9-24(15)11-13-5-7-14(8-6-13)17(25)21-16-10-19-23-27-16/h5-8,10,15H,2-4,9,11H2,1H3,(H,21,25)/t15-/m0/s1. The molecule has 1 aromatic carbocycles. The van der Waals surface area contributed by atoms with E-state index in [0.29, 0.717) is 22.3 Å². The van der Waals surface area contributed by atoms with Gasteiger partial charge in [-0.2, -0.15) is 4.98 Å². The van der Waals surface area contributed by atoms with E-state index in [1.54, 1.807) is 0 Å². The van der Waals surface area contributed by atoms with E-state index >= 15 is 0 Å². The molecule has 4 rings (SSSR count). The third-order valence-electron chi connectivity index (χ3n) is 4.64. The lowest BCUT2D eigenvalue weighted by atomic mass is 10.0. The molecule has 0 aliphatic carbocycles. The third kappa shape index (κ3) is 4.20. The number of hydrogen-bond acceptors (Lipinski definition) is 8. The molecule has 1 atom stereocenters. The zero-order chi connectivity index (χ0) is 18.6. The Labute approximate surface area is 160 Å². The van der Waals surface area contributed by atoms with E-state index in [1.165, 1.54) is 6.20 Å².